The highest BCUT2D eigenvalue weighted by Crippen LogP contribution is 2.24. The van der Waals surface area contributed by atoms with Gasteiger partial charge >= 0.3 is 0 Å². The summed E-state index contributed by atoms with van der Waals surface area (Å²) in [4.78, 5) is 0. The van der Waals surface area contributed by atoms with Crippen molar-refractivity contribution in [3.63, 3.8) is 0 Å². The molecule has 1 nitrogen and oxygen atoms in total. The van der Waals surface area contributed by atoms with Crippen LogP contribution in [0.4, 0.5) is 5.69 Å². The number of nitrogens with one attached hydrogen (secondary N) is 1. The van der Waals surface area contributed by atoms with E-state index in [-0.39, 0.29) is 0 Å². The van der Waals surface area contributed by atoms with Gasteiger partial charge in [0.15, 0.2) is 0 Å². The number of anilines is 1. The minimum Gasteiger partial charge on any atom is -0.385 e. The number of allylic oxidation sites excluding steroid dienone is 2. The van der Waals surface area contributed by atoms with E-state index in [0.29, 0.717) is 0 Å². The Hall–Kier alpha value is -1.28. The second-order valence-corrected chi connectivity index (χ2v) is 6.15. The van der Waals surface area contributed by atoms with Crippen molar-refractivity contribution in [3.05, 3.63) is 53.0 Å². The van der Waals surface area contributed by atoms with E-state index in [2.05, 4.69) is 69.8 Å². The van der Waals surface area contributed by atoms with Gasteiger partial charge in [-0.1, -0.05) is 40.2 Å². The molecule has 2 aromatic rings. The lowest BCUT2D eigenvalue weighted by atomic mass is 9.94. The van der Waals surface area contributed by atoms with Gasteiger partial charge < -0.3 is 5.32 Å². The largest absolute Gasteiger partial charge is 0.385 e. The first kappa shape index (κ1) is 12.7. The Morgan fingerprint density at radius 2 is 1.89 bits per heavy atom. The normalized spacial score (nSPS) is 18.7. The van der Waals surface area contributed by atoms with E-state index in [9.17, 15) is 0 Å². The average molecular weight is 316 g/mol. The second kappa shape index (κ2) is 5.79. The first-order valence-electron chi connectivity index (χ1n) is 6.89. The van der Waals surface area contributed by atoms with Crippen LogP contribution in [-0.4, -0.2) is 6.54 Å². The SMILES string of the molecule is Brc1ccc2cc(NCC3CC=CCC3)ccc2c1. The van der Waals surface area contributed by atoms with E-state index in [1.807, 2.05) is 0 Å². The average Bonchev–Trinajstić information content (AvgIpc) is 2.46. The van der Waals surface area contributed by atoms with Gasteiger partial charge in [0.05, 0.1) is 0 Å². The van der Waals surface area contributed by atoms with Crippen LogP contribution in [0.3, 0.4) is 0 Å². The molecule has 0 bridgehead atoms. The number of fused-ring (bicyclic) bond motifs is 1. The molecule has 19 heavy (non-hydrogen) atoms. The third-order valence-electron chi connectivity index (χ3n) is 3.77. The molecule has 0 amide bonds. The lowest BCUT2D eigenvalue weighted by Crippen LogP contribution is -2.15. The van der Waals surface area contributed by atoms with Gasteiger partial charge in [-0.3, -0.25) is 0 Å². The minimum absolute atomic E-state index is 0.783. The molecule has 1 N–H and O–H groups in total. The Balaban J connectivity index is 1.71. The molecular formula is C17H18BrN. The van der Waals surface area contributed by atoms with E-state index in [1.54, 1.807) is 0 Å². The zero-order chi connectivity index (χ0) is 13.1. The summed E-state index contributed by atoms with van der Waals surface area (Å²) in [5.74, 6) is 0.783. The minimum atomic E-state index is 0.783. The molecule has 0 aliphatic heterocycles. The maximum atomic E-state index is 3.58. The summed E-state index contributed by atoms with van der Waals surface area (Å²) < 4.78 is 1.13. The van der Waals surface area contributed by atoms with Gasteiger partial charge in [-0.25, -0.2) is 0 Å². The summed E-state index contributed by atoms with van der Waals surface area (Å²) in [6, 6.07) is 13.0. The summed E-state index contributed by atoms with van der Waals surface area (Å²) in [6.07, 6.45) is 8.37. The van der Waals surface area contributed by atoms with Crippen LogP contribution in [0.1, 0.15) is 19.3 Å². The third-order valence-corrected chi connectivity index (χ3v) is 4.27. The van der Waals surface area contributed by atoms with Gasteiger partial charge in [0.1, 0.15) is 0 Å². The fraction of sp³-hybridized carbons (Fsp3) is 0.294. The standard InChI is InChI=1S/C17H18BrN/c18-16-8-6-15-11-17(9-7-14(15)10-16)19-12-13-4-2-1-3-5-13/h1-2,6-11,13,19H,3-5,12H2. The molecule has 1 aliphatic rings. The highest BCUT2D eigenvalue weighted by molar-refractivity contribution is 9.10. The van der Waals surface area contributed by atoms with Crippen LogP contribution in [0.2, 0.25) is 0 Å². The first-order chi connectivity index (χ1) is 9.31. The quantitative estimate of drug-likeness (QED) is 0.751. The van der Waals surface area contributed by atoms with Gasteiger partial charge in [0, 0.05) is 16.7 Å². The van der Waals surface area contributed by atoms with E-state index in [1.165, 1.54) is 35.7 Å². The van der Waals surface area contributed by atoms with E-state index in [4.69, 9.17) is 0 Å². The molecule has 98 valence electrons. The van der Waals surface area contributed by atoms with Crippen LogP contribution < -0.4 is 5.32 Å². The van der Waals surface area contributed by atoms with Crippen molar-refractivity contribution < 1.29 is 0 Å². The van der Waals surface area contributed by atoms with E-state index in [0.717, 1.165) is 16.9 Å². The van der Waals surface area contributed by atoms with Crippen LogP contribution in [0, 0.1) is 5.92 Å². The predicted octanol–water partition coefficient (Wildman–Crippen LogP) is 5.37. The van der Waals surface area contributed by atoms with Crippen LogP contribution in [-0.2, 0) is 0 Å². The maximum Gasteiger partial charge on any atom is 0.0346 e. The first-order valence-corrected chi connectivity index (χ1v) is 7.69. The summed E-state index contributed by atoms with van der Waals surface area (Å²) in [5, 5.41) is 6.14. The molecule has 2 aromatic carbocycles. The van der Waals surface area contributed by atoms with Gasteiger partial charge in [0.25, 0.3) is 0 Å². The van der Waals surface area contributed by atoms with Crippen molar-refractivity contribution in [3.8, 4) is 0 Å². The van der Waals surface area contributed by atoms with Gasteiger partial charge in [-0.15, -0.1) is 0 Å². The van der Waals surface area contributed by atoms with Crippen molar-refractivity contribution in [1.82, 2.24) is 0 Å². The zero-order valence-electron chi connectivity index (χ0n) is 10.9. The molecular weight excluding hydrogens is 298 g/mol. The molecule has 1 atom stereocenters. The number of hydrogen-bond donors (Lipinski definition) is 1. The Morgan fingerprint density at radius 3 is 2.74 bits per heavy atom. The van der Waals surface area contributed by atoms with Crippen molar-refractivity contribution in [2.75, 3.05) is 11.9 Å². The monoisotopic (exact) mass is 315 g/mol. The Bertz CT molecular complexity index is 603. The number of benzene rings is 2. The summed E-state index contributed by atoms with van der Waals surface area (Å²) in [7, 11) is 0. The maximum absolute atomic E-state index is 3.58. The molecule has 0 heterocycles. The third kappa shape index (κ3) is 3.19. The molecule has 0 saturated carbocycles. The molecule has 2 heteroatoms. The zero-order valence-corrected chi connectivity index (χ0v) is 12.5. The highest BCUT2D eigenvalue weighted by atomic mass is 79.9. The molecule has 3 rings (SSSR count). The van der Waals surface area contributed by atoms with Crippen molar-refractivity contribution in [1.29, 1.82) is 0 Å². The number of rotatable bonds is 3. The highest BCUT2D eigenvalue weighted by Gasteiger charge is 2.09. The molecule has 0 spiro atoms. The number of hydrogen-bond acceptors (Lipinski definition) is 1. The van der Waals surface area contributed by atoms with E-state index < -0.39 is 0 Å². The molecule has 1 aliphatic carbocycles. The molecule has 1 unspecified atom stereocenters. The van der Waals surface area contributed by atoms with Crippen molar-refractivity contribution in [2.24, 2.45) is 5.92 Å². The van der Waals surface area contributed by atoms with Crippen molar-refractivity contribution in [2.45, 2.75) is 19.3 Å². The molecule has 0 radical (unpaired) electrons. The lowest BCUT2D eigenvalue weighted by Gasteiger charge is -2.19. The smallest absolute Gasteiger partial charge is 0.0346 e. The predicted molar refractivity (Wildman–Crippen MR) is 86.6 cm³/mol. The number of halogens is 1. The van der Waals surface area contributed by atoms with Crippen LogP contribution >= 0.6 is 15.9 Å². The van der Waals surface area contributed by atoms with Gasteiger partial charge in [-0.2, -0.15) is 0 Å². The molecule has 0 aromatic heterocycles. The van der Waals surface area contributed by atoms with Gasteiger partial charge in [0.2, 0.25) is 0 Å². The summed E-state index contributed by atoms with van der Waals surface area (Å²) in [6.45, 7) is 1.08. The summed E-state index contributed by atoms with van der Waals surface area (Å²) >= 11 is 3.51. The van der Waals surface area contributed by atoms with Gasteiger partial charge in [-0.05, 0) is 60.2 Å². The Labute approximate surface area is 122 Å². The Morgan fingerprint density at radius 1 is 1.05 bits per heavy atom. The van der Waals surface area contributed by atoms with Crippen LogP contribution in [0.5, 0.6) is 0 Å². The Kier molecular flexibility index (Phi) is 3.88. The van der Waals surface area contributed by atoms with Crippen LogP contribution in [0.15, 0.2) is 53.0 Å². The van der Waals surface area contributed by atoms with Crippen LogP contribution in [0.25, 0.3) is 10.8 Å². The lowest BCUT2D eigenvalue weighted by molar-refractivity contribution is 0.504. The van der Waals surface area contributed by atoms with E-state index >= 15 is 0 Å². The molecule has 0 saturated heterocycles. The fourth-order valence-electron chi connectivity index (χ4n) is 2.63. The fourth-order valence-corrected chi connectivity index (χ4v) is 3.01. The van der Waals surface area contributed by atoms with Crippen molar-refractivity contribution >= 4 is 32.4 Å². The molecule has 0 fully saturated rings. The topological polar surface area (TPSA) is 12.0 Å². The summed E-state index contributed by atoms with van der Waals surface area (Å²) in [5.41, 5.74) is 1.23. The second-order valence-electron chi connectivity index (χ2n) is 5.24.